The highest BCUT2D eigenvalue weighted by Gasteiger charge is 2.14. The number of benzene rings is 1. The second kappa shape index (κ2) is 9.53. The Labute approximate surface area is 138 Å². The van der Waals surface area contributed by atoms with E-state index in [9.17, 15) is 18.4 Å². The average molecular weight is 346 g/mol. The third-order valence-electron chi connectivity index (χ3n) is 3.05. The summed E-state index contributed by atoms with van der Waals surface area (Å²) in [6.45, 7) is -2.59. The van der Waals surface area contributed by atoms with Crippen LogP contribution in [-0.2, 0) is 11.3 Å². The van der Waals surface area contributed by atoms with Crippen LogP contribution in [0.15, 0.2) is 18.2 Å². The van der Waals surface area contributed by atoms with Crippen molar-refractivity contribution in [3.05, 3.63) is 23.8 Å². The van der Waals surface area contributed by atoms with Gasteiger partial charge in [0.15, 0.2) is 11.5 Å². The van der Waals surface area contributed by atoms with Crippen molar-refractivity contribution in [1.82, 2.24) is 10.2 Å². The molecule has 9 heteroatoms. The minimum Gasteiger partial charge on any atom is -0.493 e. The number of amides is 2. The van der Waals surface area contributed by atoms with Gasteiger partial charge in [0.25, 0.3) is 0 Å². The molecular weight excluding hydrogens is 326 g/mol. The Hall–Kier alpha value is -2.58. The summed E-state index contributed by atoms with van der Waals surface area (Å²) in [5.74, 6) is -0.873. The van der Waals surface area contributed by atoms with E-state index in [4.69, 9.17) is 9.84 Å². The third-order valence-corrected chi connectivity index (χ3v) is 3.05. The van der Waals surface area contributed by atoms with E-state index in [-0.39, 0.29) is 31.0 Å². The number of aliphatic carboxylic acids is 1. The molecule has 0 saturated heterocycles. The number of alkyl halides is 2. The fraction of sp³-hybridized carbons (Fsp3) is 0.467. The number of urea groups is 1. The van der Waals surface area contributed by atoms with Crippen molar-refractivity contribution in [2.75, 3.05) is 20.7 Å². The SMILES string of the molecule is COc1ccc(CN(C)C(=O)NCCCC(=O)O)cc1OC(F)F. The highest BCUT2D eigenvalue weighted by Crippen LogP contribution is 2.29. The van der Waals surface area contributed by atoms with Gasteiger partial charge in [0.1, 0.15) is 0 Å². The Morgan fingerprint density at radius 1 is 1.33 bits per heavy atom. The molecule has 0 aliphatic heterocycles. The second-order valence-electron chi connectivity index (χ2n) is 4.95. The van der Waals surface area contributed by atoms with Gasteiger partial charge in [0.05, 0.1) is 7.11 Å². The molecule has 1 aromatic carbocycles. The van der Waals surface area contributed by atoms with E-state index in [1.54, 1.807) is 6.07 Å². The maximum absolute atomic E-state index is 12.4. The quantitative estimate of drug-likeness (QED) is 0.670. The van der Waals surface area contributed by atoms with Crippen molar-refractivity contribution in [2.24, 2.45) is 0 Å². The number of rotatable bonds is 9. The number of hydrogen-bond donors (Lipinski definition) is 2. The first kappa shape index (κ1) is 19.5. The molecule has 134 valence electrons. The Morgan fingerprint density at radius 3 is 2.62 bits per heavy atom. The summed E-state index contributed by atoms with van der Waals surface area (Å²) in [5.41, 5.74) is 0.578. The molecule has 2 N–H and O–H groups in total. The van der Waals surface area contributed by atoms with Crippen LogP contribution in [0, 0.1) is 0 Å². The van der Waals surface area contributed by atoms with E-state index in [1.807, 2.05) is 0 Å². The van der Waals surface area contributed by atoms with Crippen molar-refractivity contribution in [3.8, 4) is 11.5 Å². The van der Waals surface area contributed by atoms with Gasteiger partial charge in [-0.1, -0.05) is 6.07 Å². The first-order chi connectivity index (χ1) is 11.3. The first-order valence-corrected chi connectivity index (χ1v) is 7.16. The van der Waals surface area contributed by atoms with Gasteiger partial charge in [0, 0.05) is 26.6 Å². The molecule has 7 nitrogen and oxygen atoms in total. The molecule has 2 amide bonds. The summed E-state index contributed by atoms with van der Waals surface area (Å²) in [4.78, 5) is 23.6. The molecule has 0 unspecified atom stereocenters. The van der Waals surface area contributed by atoms with Gasteiger partial charge in [-0.15, -0.1) is 0 Å². The number of carboxylic acids is 1. The molecule has 1 rings (SSSR count). The lowest BCUT2D eigenvalue weighted by Gasteiger charge is -2.19. The van der Waals surface area contributed by atoms with Crippen molar-refractivity contribution >= 4 is 12.0 Å². The normalized spacial score (nSPS) is 10.4. The predicted molar refractivity (Wildman–Crippen MR) is 81.4 cm³/mol. The second-order valence-corrected chi connectivity index (χ2v) is 4.95. The van der Waals surface area contributed by atoms with Crippen LogP contribution >= 0.6 is 0 Å². The van der Waals surface area contributed by atoms with Crippen LogP contribution in [0.25, 0.3) is 0 Å². The van der Waals surface area contributed by atoms with Crippen LogP contribution in [0.5, 0.6) is 11.5 Å². The Balaban J connectivity index is 2.60. The van der Waals surface area contributed by atoms with E-state index in [0.717, 1.165) is 0 Å². The van der Waals surface area contributed by atoms with Crippen LogP contribution in [0.2, 0.25) is 0 Å². The number of nitrogens with zero attached hydrogens (tertiary/aromatic N) is 1. The van der Waals surface area contributed by atoms with Crippen LogP contribution in [-0.4, -0.2) is 49.3 Å². The van der Waals surface area contributed by atoms with Crippen molar-refractivity contribution in [1.29, 1.82) is 0 Å². The smallest absolute Gasteiger partial charge is 0.387 e. The Morgan fingerprint density at radius 2 is 2.04 bits per heavy atom. The lowest BCUT2D eigenvalue weighted by molar-refractivity contribution is -0.137. The molecule has 0 radical (unpaired) electrons. The van der Waals surface area contributed by atoms with E-state index in [0.29, 0.717) is 12.0 Å². The van der Waals surface area contributed by atoms with Gasteiger partial charge in [-0.3, -0.25) is 4.79 Å². The number of ether oxygens (including phenoxy) is 2. The highest BCUT2D eigenvalue weighted by atomic mass is 19.3. The summed E-state index contributed by atoms with van der Waals surface area (Å²) >= 11 is 0. The summed E-state index contributed by atoms with van der Waals surface area (Å²) in [5, 5.41) is 11.1. The monoisotopic (exact) mass is 346 g/mol. The van der Waals surface area contributed by atoms with Crippen molar-refractivity contribution in [2.45, 2.75) is 26.0 Å². The number of carboxylic acid groups (broad SMARTS) is 1. The van der Waals surface area contributed by atoms with Gasteiger partial charge < -0.3 is 24.8 Å². The average Bonchev–Trinajstić information content (AvgIpc) is 2.50. The zero-order valence-electron chi connectivity index (χ0n) is 13.4. The summed E-state index contributed by atoms with van der Waals surface area (Å²) in [7, 11) is 2.87. The minimum atomic E-state index is -2.98. The molecule has 0 spiro atoms. The molecule has 24 heavy (non-hydrogen) atoms. The van der Waals surface area contributed by atoms with Gasteiger partial charge in [-0.05, 0) is 24.1 Å². The van der Waals surface area contributed by atoms with Gasteiger partial charge >= 0.3 is 18.6 Å². The van der Waals surface area contributed by atoms with Gasteiger partial charge in [0.2, 0.25) is 0 Å². The van der Waals surface area contributed by atoms with E-state index in [1.165, 1.54) is 31.2 Å². The number of halogens is 2. The highest BCUT2D eigenvalue weighted by molar-refractivity contribution is 5.74. The standard InChI is InChI=1S/C15H20F2N2O5/c1-19(15(22)18-7-3-4-13(20)21)9-10-5-6-11(23-2)12(8-10)24-14(16)17/h5-6,8,14H,3-4,7,9H2,1-2H3,(H,18,22)(H,20,21). The lowest BCUT2D eigenvalue weighted by Crippen LogP contribution is -2.37. The van der Waals surface area contributed by atoms with Crippen LogP contribution in [0.4, 0.5) is 13.6 Å². The molecule has 0 bridgehead atoms. The summed E-state index contributed by atoms with van der Waals surface area (Å²) in [6.07, 6.45) is 0.292. The summed E-state index contributed by atoms with van der Waals surface area (Å²) < 4.78 is 34.1. The number of carbonyl (C=O) groups is 2. The van der Waals surface area contributed by atoms with Crippen LogP contribution in [0.1, 0.15) is 18.4 Å². The lowest BCUT2D eigenvalue weighted by atomic mass is 10.2. The first-order valence-electron chi connectivity index (χ1n) is 7.16. The molecule has 0 heterocycles. The largest absolute Gasteiger partial charge is 0.493 e. The van der Waals surface area contributed by atoms with Crippen LogP contribution in [0.3, 0.4) is 0 Å². The maximum Gasteiger partial charge on any atom is 0.387 e. The summed E-state index contributed by atoms with van der Waals surface area (Å²) in [6, 6.07) is 4.09. The molecule has 1 aromatic rings. The zero-order chi connectivity index (χ0) is 18.1. The van der Waals surface area contributed by atoms with E-state index in [2.05, 4.69) is 10.1 Å². The van der Waals surface area contributed by atoms with Crippen LogP contribution < -0.4 is 14.8 Å². The maximum atomic E-state index is 12.4. The zero-order valence-corrected chi connectivity index (χ0v) is 13.4. The minimum absolute atomic E-state index is 0.0310. The topological polar surface area (TPSA) is 88.1 Å². The molecule has 0 saturated carbocycles. The Kier molecular flexibility index (Phi) is 7.73. The number of nitrogens with one attached hydrogen (secondary N) is 1. The van der Waals surface area contributed by atoms with E-state index < -0.39 is 18.6 Å². The van der Waals surface area contributed by atoms with Gasteiger partial charge in [-0.25, -0.2) is 4.79 Å². The van der Waals surface area contributed by atoms with Crippen molar-refractivity contribution in [3.63, 3.8) is 0 Å². The molecule has 0 aliphatic rings. The molecular formula is C15H20F2N2O5. The predicted octanol–water partition coefficient (Wildman–Crippen LogP) is 2.30. The van der Waals surface area contributed by atoms with Gasteiger partial charge in [-0.2, -0.15) is 8.78 Å². The molecule has 0 aromatic heterocycles. The number of methoxy groups -OCH3 is 1. The molecule has 0 atom stereocenters. The molecule has 0 fully saturated rings. The number of carbonyl (C=O) groups excluding carboxylic acids is 1. The fourth-order valence-corrected chi connectivity index (χ4v) is 1.92. The fourth-order valence-electron chi connectivity index (χ4n) is 1.92. The van der Waals surface area contributed by atoms with Crippen molar-refractivity contribution < 1.29 is 33.0 Å². The molecule has 0 aliphatic carbocycles. The Bertz CT molecular complexity index is 569. The van der Waals surface area contributed by atoms with E-state index >= 15 is 0 Å². The third kappa shape index (κ3) is 6.67. The number of hydrogen-bond acceptors (Lipinski definition) is 4.